The highest BCUT2D eigenvalue weighted by molar-refractivity contribution is 5.39. The van der Waals surface area contributed by atoms with Gasteiger partial charge in [-0.05, 0) is 26.0 Å². The maximum atomic E-state index is 5.91. The van der Waals surface area contributed by atoms with Gasteiger partial charge in [0.15, 0.2) is 11.5 Å². The SMILES string of the molecule is CC(C)Oc1ccccc1OCC[NH+]1CC[NH+](C)CC1. The second-order valence-electron chi connectivity index (χ2n) is 5.92. The van der Waals surface area contributed by atoms with Gasteiger partial charge in [-0.3, -0.25) is 0 Å². The minimum atomic E-state index is 0.172. The maximum Gasteiger partial charge on any atom is 0.161 e. The van der Waals surface area contributed by atoms with Gasteiger partial charge >= 0.3 is 0 Å². The second kappa shape index (κ2) is 7.50. The number of benzene rings is 1. The number of para-hydroxylation sites is 2. The predicted molar refractivity (Wildman–Crippen MR) is 79.9 cm³/mol. The predicted octanol–water partition coefficient (Wildman–Crippen LogP) is -0.734. The van der Waals surface area contributed by atoms with E-state index in [1.807, 2.05) is 38.1 Å². The molecule has 1 saturated heterocycles. The monoisotopic (exact) mass is 280 g/mol. The van der Waals surface area contributed by atoms with Crippen molar-refractivity contribution in [3.8, 4) is 11.5 Å². The smallest absolute Gasteiger partial charge is 0.161 e. The van der Waals surface area contributed by atoms with Gasteiger partial charge in [0.05, 0.1) is 13.2 Å². The van der Waals surface area contributed by atoms with E-state index in [-0.39, 0.29) is 6.10 Å². The van der Waals surface area contributed by atoms with E-state index in [0.717, 1.165) is 24.7 Å². The Kier molecular flexibility index (Phi) is 5.68. The van der Waals surface area contributed by atoms with Crippen LogP contribution in [0.25, 0.3) is 0 Å². The fourth-order valence-electron chi connectivity index (χ4n) is 2.51. The average Bonchev–Trinajstić information content (AvgIpc) is 2.42. The van der Waals surface area contributed by atoms with Crippen molar-refractivity contribution < 1.29 is 19.3 Å². The van der Waals surface area contributed by atoms with Crippen LogP contribution >= 0.6 is 0 Å². The Morgan fingerprint density at radius 2 is 1.70 bits per heavy atom. The molecule has 1 aromatic rings. The summed E-state index contributed by atoms with van der Waals surface area (Å²) in [6, 6.07) is 7.94. The third-order valence-corrected chi connectivity index (χ3v) is 3.74. The lowest BCUT2D eigenvalue weighted by Crippen LogP contribution is -3.27. The summed E-state index contributed by atoms with van der Waals surface area (Å²) in [5.74, 6) is 1.71. The van der Waals surface area contributed by atoms with Gasteiger partial charge in [0.1, 0.15) is 39.3 Å². The Morgan fingerprint density at radius 3 is 2.35 bits per heavy atom. The van der Waals surface area contributed by atoms with E-state index in [9.17, 15) is 0 Å². The van der Waals surface area contributed by atoms with Crippen LogP contribution in [0.1, 0.15) is 13.8 Å². The lowest BCUT2D eigenvalue weighted by atomic mass is 10.3. The Hall–Kier alpha value is -1.26. The lowest BCUT2D eigenvalue weighted by Gasteiger charge is -2.27. The Morgan fingerprint density at radius 1 is 1.05 bits per heavy atom. The van der Waals surface area contributed by atoms with Gasteiger partial charge in [-0.1, -0.05) is 12.1 Å². The molecule has 1 heterocycles. The molecule has 4 heteroatoms. The molecule has 112 valence electrons. The number of ether oxygens (including phenoxy) is 2. The van der Waals surface area contributed by atoms with E-state index in [0.29, 0.717) is 0 Å². The van der Waals surface area contributed by atoms with Crippen molar-refractivity contribution in [2.45, 2.75) is 20.0 Å². The quantitative estimate of drug-likeness (QED) is 0.719. The molecular weight excluding hydrogens is 252 g/mol. The number of piperazine rings is 1. The van der Waals surface area contributed by atoms with Crippen LogP contribution < -0.4 is 19.3 Å². The molecule has 0 aromatic heterocycles. The van der Waals surface area contributed by atoms with Gasteiger partial charge in [0.2, 0.25) is 0 Å². The summed E-state index contributed by atoms with van der Waals surface area (Å²) in [5.41, 5.74) is 0. The standard InChI is InChI=1S/C16H26N2O2/c1-14(2)20-16-7-5-4-6-15(16)19-13-12-18-10-8-17(3)9-11-18/h4-7,14H,8-13H2,1-3H3/p+2. The first-order valence-electron chi connectivity index (χ1n) is 7.68. The summed E-state index contributed by atoms with van der Waals surface area (Å²) in [7, 11) is 2.27. The zero-order valence-electron chi connectivity index (χ0n) is 12.9. The molecular formula is C16H28N2O2+2. The lowest BCUT2D eigenvalue weighted by molar-refractivity contribution is -1.00. The fraction of sp³-hybridized carbons (Fsp3) is 0.625. The van der Waals surface area contributed by atoms with Gasteiger partial charge in [0.25, 0.3) is 0 Å². The van der Waals surface area contributed by atoms with Crippen LogP contribution in [0.3, 0.4) is 0 Å². The summed E-state index contributed by atoms with van der Waals surface area (Å²) >= 11 is 0. The average molecular weight is 280 g/mol. The van der Waals surface area contributed by atoms with E-state index in [1.54, 1.807) is 9.80 Å². The largest absolute Gasteiger partial charge is 0.487 e. The number of quaternary nitrogens is 2. The first-order valence-corrected chi connectivity index (χ1v) is 7.68. The van der Waals surface area contributed by atoms with Gasteiger partial charge in [0, 0.05) is 0 Å². The van der Waals surface area contributed by atoms with Crippen LogP contribution in [-0.4, -0.2) is 52.5 Å². The summed E-state index contributed by atoms with van der Waals surface area (Å²) in [6.07, 6.45) is 0.172. The van der Waals surface area contributed by atoms with Crippen molar-refractivity contribution in [1.29, 1.82) is 0 Å². The molecule has 1 aliphatic heterocycles. The van der Waals surface area contributed by atoms with Crippen LogP contribution in [0.15, 0.2) is 24.3 Å². The van der Waals surface area contributed by atoms with Crippen LogP contribution in [0.4, 0.5) is 0 Å². The van der Waals surface area contributed by atoms with Crippen molar-refractivity contribution in [1.82, 2.24) is 0 Å². The third kappa shape index (κ3) is 4.69. The number of hydrogen-bond donors (Lipinski definition) is 2. The molecule has 2 rings (SSSR count). The zero-order chi connectivity index (χ0) is 14.4. The van der Waals surface area contributed by atoms with Crippen LogP contribution in [0, 0.1) is 0 Å². The molecule has 2 N–H and O–H groups in total. The van der Waals surface area contributed by atoms with Crippen LogP contribution in [0.5, 0.6) is 11.5 Å². The molecule has 1 aliphatic rings. The Balaban J connectivity index is 1.79. The molecule has 20 heavy (non-hydrogen) atoms. The summed E-state index contributed by atoms with van der Waals surface area (Å²) in [6.45, 7) is 10.9. The van der Waals surface area contributed by atoms with Crippen LogP contribution in [-0.2, 0) is 0 Å². The number of nitrogens with one attached hydrogen (secondary N) is 2. The Labute approximate surface area is 122 Å². The number of hydrogen-bond acceptors (Lipinski definition) is 2. The highest BCUT2D eigenvalue weighted by atomic mass is 16.5. The van der Waals surface area contributed by atoms with Crippen molar-refractivity contribution >= 4 is 0 Å². The van der Waals surface area contributed by atoms with E-state index < -0.39 is 0 Å². The fourth-order valence-corrected chi connectivity index (χ4v) is 2.51. The van der Waals surface area contributed by atoms with Gasteiger partial charge in [-0.2, -0.15) is 0 Å². The molecule has 0 bridgehead atoms. The minimum absolute atomic E-state index is 0.172. The Bertz CT molecular complexity index is 401. The van der Waals surface area contributed by atoms with Gasteiger partial charge < -0.3 is 19.3 Å². The molecule has 4 nitrogen and oxygen atoms in total. The molecule has 1 aromatic carbocycles. The highest BCUT2D eigenvalue weighted by Crippen LogP contribution is 2.27. The van der Waals surface area contributed by atoms with Crippen molar-refractivity contribution in [2.24, 2.45) is 0 Å². The molecule has 0 radical (unpaired) electrons. The maximum absolute atomic E-state index is 5.91. The number of rotatable bonds is 6. The first kappa shape index (κ1) is 15.1. The van der Waals surface area contributed by atoms with Crippen LogP contribution in [0.2, 0.25) is 0 Å². The zero-order valence-corrected chi connectivity index (χ0v) is 12.9. The van der Waals surface area contributed by atoms with E-state index >= 15 is 0 Å². The normalized spacial score (nSPS) is 22.8. The van der Waals surface area contributed by atoms with E-state index in [1.165, 1.54) is 26.2 Å². The van der Waals surface area contributed by atoms with E-state index in [2.05, 4.69) is 7.05 Å². The molecule has 0 amide bonds. The summed E-state index contributed by atoms with van der Waals surface area (Å²) < 4.78 is 11.7. The topological polar surface area (TPSA) is 27.3 Å². The molecule has 1 fully saturated rings. The van der Waals surface area contributed by atoms with Gasteiger partial charge in [-0.25, -0.2) is 0 Å². The molecule has 0 aliphatic carbocycles. The minimum Gasteiger partial charge on any atom is -0.487 e. The molecule has 0 unspecified atom stereocenters. The first-order chi connectivity index (χ1) is 9.65. The summed E-state index contributed by atoms with van der Waals surface area (Å²) in [4.78, 5) is 3.29. The third-order valence-electron chi connectivity index (χ3n) is 3.74. The summed E-state index contributed by atoms with van der Waals surface area (Å²) in [5, 5.41) is 0. The number of likely N-dealkylation sites (N-methyl/N-ethyl adjacent to an activating group) is 1. The van der Waals surface area contributed by atoms with Gasteiger partial charge in [-0.15, -0.1) is 0 Å². The van der Waals surface area contributed by atoms with Crippen molar-refractivity contribution in [3.63, 3.8) is 0 Å². The van der Waals surface area contributed by atoms with E-state index in [4.69, 9.17) is 9.47 Å². The molecule has 0 saturated carbocycles. The van der Waals surface area contributed by atoms with Crippen molar-refractivity contribution in [2.75, 3.05) is 46.4 Å². The highest BCUT2D eigenvalue weighted by Gasteiger charge is 2.19. The second-order valence-corrected chi connectivity index (χ2v) is 5.92. The molecule has 0 spiro atoms. The van der Waals surface area contributed by atoms with Crippen molar-refractivity contribution in [3.05, 3.63) is 24.3 Å². The molecule has 0 atom stereocenters.